The first-order valence-electron chi connectivity index (χ1n) is 7.43. The van der Waals surface area contributed by atoms with Gasteiger partial charge in [0.25, 0.3) is 5.91 Å². The zero-order valence-electron chi connectivity index (χ0n) is 12.3. The fraction of sp³-hybridized carbons (Fsp3) is 0.714. The van der Waals surface area contributed by atoms with Gasteiger partial charge in [0.15, 0.2) is 11.9 Å². The molecule has 0 saturated carbocycles. The maximum atomic E-state index is 13.0. The maximum Gasteiger partial charge on any atom is 0.416 e. The van der Waals surface area contributed by atoms with Crippen LogP contribution in [0.2, 0.25) is 0 Å². The Hall–Kier alpha value is -1.57. The Balaban J connectivity index is 1.84. The second kappa shape index (κ2) is 5.57. The molecule has 122 valence electrons. The van der Waals surface area contributed by atoms with Gasteiger partial charge in [0.05, 0.1) is 12.6 Å². The predicted molar refractivity (Wildman–Crippen MR) is 71.5 cm³/mol. The molecule has 1 fully saturated rings. The minimum absolute atomic E-state index is 0.117. The van der Waals surface area contributed by atoms with Crippen LogP contribution in [-0.2, 0) is 17.7 Å². The number of alkyl halides is 3. The highest BCUT2D eigenvalue weighted by molar-refractivity contribution is 5.91. The van der Waals surface area contributed by atoms with Gasteiger partial charge in [0.1, 0.15) is 0 Å². The molecule has 1 aromatic rings. The Morgan fingerprint density at radius 1 is 1.36 bits per heavy atom. The lowest BCUT2D eigenvalue weighted by Crippen LogP contribution is -2.57. The van der Waals surface area contributed by atoms with Crippen LogP contribution in [0.4, 0.5) is 13.2 Å². The molecule has 0 bridgehead atoms. The van der Waals surface area contributed by atoms with Crippen molar-refractivity contribution in [1.29, 1.82) is 0 Å². The molecule has 8 heteroatoms. The predicted octanol–water partition coefficient (Wildman–Crippen LogP) is 2.01. The van der Waals surface area contributed by atoms with E-state index >= 15 is 0 Å². The lowest BCUT2D eigenvalue weighted by atomic mass is 10.1. The van der Waals surface area contributed by atoms with Gasteiger partial charge < -0.3 is 14.2 Å². The number of amides is 1. The van der Waals surface area contributed by atoms with Crippen molar-refractivity contribution < 1.29 is 22.7 Å². The maximum absolute atomic E-state index is 13.0. The van der Waals surface area contributed by atoms with Gasteiger partial charge >= 0.3 is 6.18 Å². The Morgan fingerprint density at radius 2 is 2.14 bits per heavy atom. The normalized spacial score (nSPS) is 25.9. The van der Waals surface area contributed by atoms with Crippen molar-refractivity contribution in [1.82, 2.24) is 14.5 Å². The van der Waals surface area contributed by atoms with Crippen LogP contribution >= 0.6 is 0 Å². The topological polar surface area (TPSA) is 47.4 Å². The molecule has 2 atom stereocenters. The molecular weight excluding hydrogens is 299 g/mol. The van der Waals surface area contributed by atoms with Crippen molar-refractivity contribution in [3.05, 3.63) is 17.7 Å². The van der Waals surface area contributed by atoms with Gasteiger partial charge in [-0.15, -0.1) is 0 Å². The van der Waals surface area contributed by atoms with Crippen LogP contribution in [0.15, 0.2) is 6.20 Å². The number of carbonyl (C=O) groups is 1. The van der Waals surface area contributed by atoms with E-state index in [2.05, 4.69) is 4.98 Å². The van der Waals surface area contributed by atoms with Gasteiger partial charge in [-0.05, 0) is 26.2 Å². The first-order valence-corrected chi connectivity index (χ1v) is 7.43. The number of nitrogens with zero attached hydrogens (tertiary/aromatic N) is 3. The number of ether oxygens (including phenoxy) is 1. The van der Waals surface area contributed by atoms with Crippen molar-refractivity contribution >= 4 is 5.91 Å². The molecule has 1 saturated heterocycles. The Labute approximate surface area is 126 Å². The summed E-state index contributed by atoms with van der Waals surface area (Å²) in [5.41, 5.74) is 0.975. The first kappa shape index (κ1) is 15.3. The number of aryl methyl sites for hydroxylation is 1. The first-order chi connectivity index (χ1) is 10.4. The van der Waals surface area contributed by atoms with Gasteiger partial charge in [0.2, 0.25) is 0 Å². The second-order valence-corrected chi connectivity index (χ2v) is 5.75. The molecule has 2 aliphatic rings. The summed E-state index contributed by atoms with van der Waals surface area (Å²) in [7, 11) is 0. The van der Waals surface area contributed by atoms with E-state index in [1.807, 2.05) is 4.57 Å². The summed E-state index contributed by atoms with van der Waals surface area (Å²) in [5.74, 6) is -0.206. The lowest BCUT2D eigenvalue weighted by Gasteiger charge is -2.39. The summed E-state index contributed by atoms with van der Waals surface area (Å²) in [4.78, 5) is 18.0. The molecule has 1 amide bonds. The third kappa shape index (κ3) is 2.60. The number of fused-ring (bicyclic) bond motifs is 1. The summed E-state index contributed by atoms with van der Waals surface area (Å²) < 4.78 is 45.5. The van der Waals surface area contributed by atoms with Gasteiger partial charge in [-0.25, -0.2) is 4.98 Å². The molecule has 0 unspecified atom stereocenters. The highest BCUT2D eigenvalue weighted by Crippen LogP contribution is 2.30. The minimum atomic E-state index is -4.48. The van der Waals surface area contributed by atoms with Gasteiger partial charge in [-0.2, -0.15) is 13.2 Å². The summed E-state index contributed by atoms with van der Waals surface area (Å²) in [6.45, 7) is 2.09. The van der Waals surface area contributed by atoms with E-state index in [1.165, 1.54) is 11.8 Å². The van der Waals surface area contributed by atoms with E-state index in [1.54, 1.807) is 6.20 Å². The van der Waals surface area contributed by atoms with Gasteiger partial charge in [-0.1, -0.05) is 0 Å². The molecule has 22 heavy (non-hydrogen) atoms. The van der Waals surface area contributed by atoms with Crippen molar-refractivity contribution in [2.75, 3.05) is 13.2 Å². The summed E-state index contributed by atoms with van der Waals surface area (Å²) in [6, 6.07) is -1.06. The van der Waals surface area contributed by atoms with Gasteiger partial charge in [0, 0.05) is 25.0 Å². The third-order valence-corrected chi connectivity index (χ3v) is 4.34. The van der Waals surface area contributed by atoms with Crippen LogP contribution < -0.4 is 0 Å². The van der Waals surface area contributed by atoms with Crippen LogP contribution in [-0.4, -0.2) is 51.8 Å². The third-order valence-electron chi connectivity index (χ3n) is 4.34. The molecule has 0 N–H and O–H groups in total. The number of hydrogen-bond donors (Lipinski definition) is 0. The number of aromatic nitrogens is 2. The van der Waals surface area contributed by atoms with E-state index in [9.17, 15) is 18.0 Å². The quantitative estimate of drug-likeness (QED) is 0.796. The molecule has 3 heterocycles. The lowest BCUT2D eigenvalue weighted by molar-refractivity contribution is -0.247. The number of carbonyl (C=O) groups excluding carboxylic acids is 1. The number of imidazole rings is 1. The van der Waals surface area contributed by atoms with Crippen LogP contribution in [0.1, 0.15) is 36.1 Å². The highest BCUT2D eigenvalue weighted by Gasteiger charge is 2.49. The molecule has 3 rings (SSSR count). The van der Waals surface area contributed by atoms with E-state index in [-0.39, 0.29) is 19.0 Å². The zero-order chi connectivity index (χ0) is 15.9. The molecule has 0 aliphatic carbocycles. The van der Waals surface area contributed by atoms with Crippen molar-refractivity contribution in [3.8, 4) is 0 Å². The number of morpholine rings is 1. The number of halogens is 3. The Bertz CT molecular complexity index is 570. The average Bonchev–Trinajstić information content (AvgIpc) is 2.89. The Morgan fingerprint density at radius 3 is 2.86 bits per heavy atom. The van der Waals surface area contributed by atoms with Crippen LogP contribution in [0.25, 0.3) is 0 Å². The van der Waals surface area contributed by atoms with Crippen molar-refractivity contribution in [2.24, 2.45) is 0 Å². The molecular formula is C14H18F3N3O2. The Kier molecular flexibility index (Phi) is 3.88. The molecule has 0 radical (unpaired) electrons. The number of rotatable bonds is 1. The van der Waals surface area contributed by atoms with Gasteiger partial charge in [-0.3, -0.25) is 4.79 Å². The fourth-order valence-corrected chi connectivity index (χ4v) is 3.17. The average molecular weight is 317 g/mol. The molecule has 1 aromatic heterocycles. The van der Waals surface area contributed by atoms with Crippen molar-refractivity contribution in [2.45, 2.75) is 51.1 Å². The highest BCUT2D eigenvalue weighted by atomic mass is 19.4. The molecule has 0 aromatic carbocycles. The van der Waals surface area contributed by atoms with E-state index in [4.69, 9.17) is 4.74 Å². The monoisotopic (exact) mass is 317 g/mol. The minimum Gasteiger partial charge on any atom is -0.365 e. The molecule has 5 nitrogen and oxygen atoms in total. The van der Waals surface area contributed by atoms with E-state index in [0.29, 0.717) is 6.54 Å². The SMILES string of the molecule is C[C@@H]1[C@H](C(F)(F)F)OCCN1C(=O)c1ncc2n1CCCC2. The summed E-state index contributed by atoms with van der Waals surface area (Å²) in [5, 5.41) is 0. The van der Waals surface area contributed by atoms with Crippen LogP contribution in [0.3, 0.4) is 0 Å². The summed E-state index contributed by atoms with van der Waals surface area (Å²) in [6.07, 6.45) is -1.93. The zero-order valence-corrected chi connectivity index (χ0v) is 12.3. The van der Waals surface area contributed by atoms with Crippen LogP contribution in [0.5, 0.6) is 0 Å². The van der Waals surface area contributed by atoms with E-state index in [0.717, 1.165) is 25.0 Å². The van der Waals surface area contributed by atoms with E-state index < -0.39 is 24.2 Å². The fourth-order valence-electron chi connectivity index (χ4n) is 3.17. The largest absolute Gasteiger partial charge is 0.416 e. The molecule has 0 spiro atoms. The number of hydrogen-bond acceptors (Lipinski definition) is 3. The molecule has 2 aliphatic heterocycles. The van der Waals surface area contributed by atoms with Crippen LogP contribution in [0, 0.1) is 0 Å². The smallest absolute Gasteiger partial charge is 0.365 e. The van der Waals surface area contributed by atoms with Crippen molar-refractivity contribution in [3.63, 3.8) is 0 Å². The standard InChI is InChI=1S/C14H18F3N3O2/c1-9-11(14(15,16)17)22-7-6-19(9)13(21)12-18-8-10-4-2-3-5-20(10)12/h8-9,11H,2-7H2,1H3/t9-,11-/m1/s1. The second-order valence-electron chi connectivity index (χ2n) is 5.75. The summed E-state index contributed by atoms with van der Waals surface area (Å²) >= 11 is 0.